The highest BCUT2D eigenvalue weighted by atomic mass is 32.2. The van der Waals surface area contributed by atoms with E-state index < -0.39 is 0 Å². The predicted molar refractivity (Wildman–Crippen MR) is 88.0 cm³/mol. The van der Waals surface area contributed by atoms with Crippen LogP contribution in [0.2, 0.25) is 0 Å². The van der Waals surface area contributed by atoms with E-state index in [0.717, 1.165) is 5.56 Å². The van der Waals surface area contributed by atoms with Gasteiger partial charge in [-0.05, 0) is 38.0 Å². The molecule has 1 aliphatic carbocycles. The highest BCUT2D eigenvalue weighted by Gasteiger charge is 2.22. The predicted octanol–water partition coefficient (Wildman–Crippen LogP) is 4.93. The van der Waals surface area contributed by atoms with E-state index >= 15 is 0 Å². The smallest absolute Gasteiger partial charge is 0.174 e. The van der Waals surface area contributed by atoms with Gasteiger partial charge < -0.3 is 4.57 Å². The molecule has 0 bridgehead atoms. The SMILES string of the molecule is Cc1cc(C(=O)CSC(C)C)c(C)n1C1CCCCC1. The van der Waals surface area contributed by atoms with Gasteiger partial charge in [-0.3, -0.25) is 4.79 Å². The van der Waals surface area contributed by atoms with Crippen LogP contribution in [0.15, 0.2) is 6.07 Å². The van der Waals surface area contributed by atoms with Gasteiger partial charge in [0.15, 0.2) is 5.78 Å². The lowest BCUT2D eigenvalue weighted by atomic mass is 9.95. The number of rotatable bonds is 5. The summed E-state index contributed by atoms with van der Waals surface area (Å²) in [7, 11) is 0. The maximum atomic E-state index is 12.4. The topological polar surface area (TPSA) is 22.0 Å². The molecular formula is C17H27NOS. The minimum atomic E-state index is 0.291. The minimum Gasteiger partial charge on any atom is -0.345 e. The number of hydrogen-bond acceptors (Lipinski definition) is 2. The van der Waals surface area contributed by atoms with E-state index in [1.54, 1.807) is 11.8 Å². The molecule has 1 aromatic heterocycles. The number of nitrogens with zero attached hydrogens (tertiary/aromatic N) is 1. The average molecular weight is 293 g/mol. The van der Waals surface area contributed by atoms with Gasteiger partial charge in [0.25, 0.3) is 0 Å². The van der Waals surface area contributed by atoms with Gasteiger partial charge in [-0.1, -0.05) is 33.1 Å². The van der Waals surface area contributed by atoms with E-state index in [1.807, 2.05) is 0 Å². The quantitative estimate of drug-likeness (QED) is 0.718. The zero-order chi connectivity index (χ0) is 14.7. The van der Waals surface area contributed by atoms with Crippen LogP contribution in [0, 0.1) is 13.8 Å². The Morgan fingerprint density at radius 1 is 1.30 bits per heavy atom. The average Bonchev–Trinajstić information content (AvgIpc) is 2.72. The standard InChI is InChI=1S/C17H27NOS/c1-12(2)20-11-17(19)16-10-13(3)18(14(16)4)15-8-6-5-7-9-15/h10,12,15H,5-9,11H2,1-4H3. The highest BCUT2D eigenvalue weighted by molar-refractivity contribution is 8.00. The zero-order valence-corrected chi connectivity index (χ0v) is 14.1. The molecule has 0 spiro atoms. The normalized spacial score (nSPS) is 16.9. The molecule has 1 fully saturated rings. The number of hydrogen-bond donors (Lipinski definition) is 0. The van der Waals surface area contributed by atoms with Gasteiger partial charge in [-0.25, -0.2) is 0 Å². The third-order valence-corrected chi connectivity index (χ3v) is 5.37. The van der Waals surface area contributed by atoms with Crippen LogP contribution in [-0.4, -0.2) is 21.4 Å². The molecule has 1 aliphatic rings. The third kappa shape index (κ3) is 3.49. The summed E-state index contributed by atoms with van der Waals surface area (Å²) in [6.07, 6.45) is 6.56. The first-order chi connectivity index (χ1) is 9.50. The largest absolute Gasteiger partial charge is 0.345 e. The minimum absolute atomic E-state index is 0.291. The fourth-order valence-electron chi connectivity index (χ4n) is 3.28. The molecule has 0 aromatic carbocycles. The van der Waals surface area contributed by atoms with Crippen molar-refractivity contribution in [2.45, 2.75) is 71.1 Å². The molecule has 0 radical (unpaired) electrons. The van der Waals surface area contributed by atoms with Crippen molar-refractivity contribution in [1.29, 1.82) is 0 Å². The van der Waals surface area contributed by atoms with Crippen molar-refractivity contribution in [3.8, 4) is 0 Å². The van der Waals surface area contributed by atoms with Gasteiger partial charge in [0.2, 0.25) is 0 Å². The third-order valence-electron chi connectivity index (χ3n) is 4.27. The van der Waals surface area contributed by atoms with Crippen LogP contribution in [0.1, 0.15) is 73.7 Å². The Morgan fingerprint density at radius 2 is 1.95 bits per heavy atom. The van der Waals surface area contributed by atoms with Gasteiger partial charge in [-0.15, -0.1) is 0 Å². The van der Waals surface area contributed by atoms with Crippen LogP contribution in [0.4, 0.5) is 0 Å². The summed E-state index contributed by atoms with van der Waals surface area (Å²) in [5.41, 5.74) is 3.39. The molecule has 2 rings (SSSR count). The molecule has 0 aliphatic heterocycles. The molecule has 112 valence electrons. The Hall–Kier alpha value is -0.700. The Bertz CT molecular complexity index is 470. The molecule has 0 saturated heterocycles. The van der Waals surface area contributed by atoms with Crippen molar-refractivity contribution in [3.63, 3.8) is 0 Å². The van der Waals surface area contributed by atoms with Crippen molar-refractivity contribution >= 4 is 17.5 Å². The number of Topliss-reactive ketones (excluding diaryl/α,β-unsaturated/α-hetero) is 1. The fraction of sp³-hybridized carbons (Fsp3) is 0.706. The van der Waals surface area contributed by atoms with E-state index in [0.29, 0.717) is 22.8 Å². The van der Waals surface area contributed by atoms with Crippen LogP contribution in [-0.2, 0) is 0 Å². The lowest BCUT2D eigenvalue weighted by molar-refractivity contribution is 0.102. The van der Waals surface area contributed by atoms with Crippen LogP contribution in [0.3, 0.4) is 0 Å². The Morgan fingerprint density at radius 3 is 2.55 bits per heavy atom. The van der Waals surface area contributed by atoms with Gasteiger partial charge in [-0.2, -0.15) is 11.8 Å². The summed E-state index contributed by atoms with van der Waals surface area (Å²) in [5, 5.41) is 0.515. The second kappa shape index (κ2) is 6.84. The van der Waals surface area contributed by atoms with Crippen LogP contribution in [0.25, 0.3) is 0 Å². The Kier molecular flexibility index (Phi) is 5.36. The van der Waals surface area contributed by atoms with Gasteiger partial charge in [0, 0.05) is 23.0 Å². The fourth-order valence-corrected chi connectivity index (χ4v) is 3.92. The second-order valence-corrected chi connectivity index (χ2v) is 7.79. The molecule has 0 N–H and O–H groups in total. The second-order valence-electron chi connectivity index (χ2n) is 6.23. The van der Waals surface area contributed by atoms with Crippen molar-refractivity contribution in [3.05, 3.63) is 23.0 Å². The van der Waals surface area contributed by atoms with E-state index in [2.05, 4.69) is 38.3 Å². The van der Waals surface area contributed by atoms with Crippen molar-refractivity contribution < 1.29 is 4.79 Å². The molecule has 1 heterocycles. The molecule has 0 amide bonds. The number of carbonyl (C=O) groups is 1. The Labute approximate surface area is 127 Å². The van der Waals surface area contributed by atoms with Gasteiger partial charge in [0.05, 0.1) is 5.75 Å². The van der Waals surface area contributed by atoms with Crippen molar-refractivity contribution in [2.24, 2.45) is 0 Å². The van der Waals surface area contributed by atoms with E-state index in [9.17, 15) is 4.79 Å². The molecule has 0 atom stereocenters. The Balaban J connectivity index is 2.17. The number of aromatic nitrogens is 1. The zero-order valence-electron chi connectivity index (χ0n) is 13.2. The summed E-state index contributed by atoms with van der Waals surface area (Å²) in [4.78, 5) is 12.4. The maximum Gasteiger partial charge on any atom is 0.174 e. The van der Waals surface area contributed by atoms with Gasteiger partial charge >= 0.3 is 0 Å². The molecule has 1 saturated carbocycles. The molecule has 3 heteroatoms. The van der Waals surface area contributed by atoms with Crippen molar-refractivity contribution in [2.75, 3.05) is 5.75 Å². The first-order valence-electron chi connectivity index (χ1n) is 7.84. The first kappa shape index (κ1) is 15.7. The van der Waals surface area contributed by atoms with E-state index in [4.69, 9.17) is 0 Å². The summed E-state index contributed by atoms with van der Waals surface area (Å²) in [5.74, 6) is 0.894. The monoisotopic (exact) mass is 293 g/mol. The van der Waals surface area contributed by atoms with E-state index in [-0.39, 0.29) is 0 Å². The summed E-state index contributed by atoms with van der Waals surface area (Å²) < 4.78 is 2.42. The first-order valence-corrected chi connectivity index (χ1v) is 8.88. The van der Waals surface area contributed by atoms with Crippen LogP contribution >= 0.6 is 11.8 Å². The highest BCUT2D eigenvalue weighted by Crippen LogP contribution is 2.32. The number of aryl methyl sites for hydroxylation is 1. The van der Waals surface area contributed by atoms with Crippen LogP contribution in [0.5, 0.6) is 0 Å². The summed E-state index contributed by atoms with van der Waals surface area (Å²) >= 11 is 1.73. The summed E-state index contributed by atoms with van der Waals surface area (Å²) in [6.45, 7) is 8.55. The van der Waals surface area contributed by atoms with Crippen molar-refractivity contribution in [1.82, 2.24) is 4.57 Å². The summed E-state index contributed by atoms with van der Waals surface area (Å²) in [6, 6.07) is 2.72. The molecular weight excluding hydrogens is 266 g/mol. The van der Waals surface area contributed by atoms with Gasteiger partial charge in [0.1, 0.15) is 0 Å². The lowest BCUT2D eigenvalue weighted by Crippen LogP contribution is -2.16. The number of carbonyl (C=O) groups excluding carboxylic acids is 1. The van der Waals surface area contributed by atoms with E-state index in [1.165, 1.54) is 43.5 Å². The van der Waals surface area contributed by atoms with Crippen LogP contribution < -0.4 is 0 Å². The maximum absolute atomic E-state index is 12.4. The number of ketones is 1. The molecule has 0 unspecified atom stereocenters. The number of thioether (sulfide) groups is 1. The molecule has 20 heavy (non-hydrogen) atoms. The lowest BCUT2D eigenvalue weighted by Gasteiger charge is -2.26. The molecule has 2 nitrogen and oxygen atoms in total. The molecule has 1 aromatic rings.